The van der Waals surface area contributed by atoms with E-state index >= 15 is 0 Å². The van der Waals surface area contributed by atoms with Crippen LogP contribution in [0.4, 0.5) is 5.69 Å². The molecule has 1 N–H and O–H groups in total. The van der Waals surface area contributed by atoms with Gasteiger partial charge in [-0.15, -0.1) is 0 Å². The molecule has 4 rings (SSSR count). The number of carbonyl (C=O) groups is 2. The first-order chi connectivity index (χ1) is 14.8. The molecule has 7 nitrogen and oxygen atoms in total. The predicted octanol–water partition coefficient (Wildman–Crippen LogP) is 4.40. The molecule has 0 aliphatic rings. The van der Waals surface area contributed by atoms with Gasteiger partial charge in [0.25, 0.3) is 0 Å². The van der Waals surface area contributed by atoms with Crippen LogP contribution in [0.1, 0.15) is 29.2 Å². The van der Waals surface area contributed by atoms with Crippen LogP contribution >= 0.6 is 0 Å². The maximum absolute atomic E-state index is 12.5. The van der Waals surface area contributed by atoms with Crippen LogP contribution in [-0.4, -0.2) is 11.9 Å². The molecule has 0 spiro atoms. The molecule has 2 aromatic carbocycles. The van der Waals surface area contributed by atoms with E-state index in [9.17, 15) is 14.4 Å². The molecule has 0 fully saturated rings. The van der Waals surface area contributed by atoms with E-state index in [1.807, 2.05) is 26.0 Å². The summed E-state index contributed by atoms with van der Waals surface area (Å²) in [6.07, 6.45) is 1.63. The van der Waals surface area contributed by atoms with Crippen LogP contribution in [0, 0.1) is 13.8 Å². The van der Waals surface area contributed by atoms with Crippen molar-refractivity contribution in [3.8, 4) is 0 Å². The molecule has 0 saturated heterocycles. The summed E-state index contributed by atoms with van der Waals surface area (Å²) in [5.74, 6) is -0.666. The zero-order valence-electron chi connectivity index (χ0n) is 17.4. The molecule has 1 amide bonds. The first-order valence-corrected chi connectivity index (χ1v) is 9.77. The highest BCUT2D eigenvalue weighted by atomic mass is 16.5. The Kier molecular flexibility index (Phi) is 5.33. The third-order valence-electron chi connectivity index (χ3n) is 5.14. The predicted molar refractivity (Wildman–Crippen MR) is 116 cm³/mol. The van der Waals surface area contributed by atoms with Gasteiger partial charge in [0.15, 0.2) is 0 Å². The summed E-state index contributed by atoms with van der Waals surface area (Å²) in [6.45, 7) is 5.33. The normalized spacial score (nSPS) is 11.1. The number of amides is 1. The van der Waals surface area contributed by atoms with Gasteiger partial charge in [0, 0.05) is 46.6 Å². The van der Waals surface area contributed by atoms with Crippen LogP contribution in [0.15, 0.2) is 56.3 Å². The van der Waals surface area contributed by atoms with E-state index in [4.69, 9.17) is 13.6 Å². The van der Waals surface area contributed by atoms with Gasteiger partial charge in [-0.1, -0.05) is 0 Å². The SMILES string of the molecule is CC(=O)Nc1ccc2c(COC(=O)Cc3coc4cc(C)c(C)cc34)cc(=O)oc2c1. The molecule has 0 radical (unpaired) electrons. The fourth-order valence-electron chi connectivity index (χ4n) is 3.47. The maximum Gasteiger partial charge on any atom is 0.336 e. The molecule has 2 aromatic heterocycles. The number of benzene rings is 2. The van der Waals surface area contributed by atoms with Crippen LogP contribution < -0.4 is 10.9 Å². The summed E-state index contributed by atoms with van der Waals surface area (Å²) < 4.78 is 16.2. The number of hydrogen-bond acceptors (Lipinski definition) is 6. The van der Waals surface area contributed by atoms with Crippen LogP contribution in [0.5, 0.6) is 0 Å². The number of furan rings is 1. The molecule has 2 heterocycles. The maximum atomic E-state index is 12.5. The second kappa shape index (κ2) is 8.10. The van der Waals surface area contributed by atoms with E-state index in [1.165, 1.54) is 13.0 Å². The number of carbonyl (C=O) groups excluding carboxylic acids is 2. The lowest BCUT2D eigenvalue weighted by atomic mass is 10.0. The molecular formula is C24H21NO6. The minimum atomic E-state index is -0.565. The molecular weight excluding hydrogens is 398 g/mol. The smallest absolute Gasteiger partial charge is 0.336 e. The van der Waals surface area contributed by atoms with Gasteiger partial charge in [-0.05, 0) is 49.2 Å². The fraction of sp³-hybridized carbons (Fsp3) is 0.208. The Hall–Kier alpha value is -3.87. The van der Waals surface area contributed by atoms with Crippen molar-refractivity contribution in [2.75, 3.05) is 5.32 Å². The first-order valence-electron chi connectivity index (χ1n) is 9.77. The van der Waals surface area contributed by atoms with Gasteiger partial charge in [0.05, 0.1) is 12.7 Å². The number of ether oxygens (including phenoxy) is 1. The Labute approximate surface area is 177 Å². The highest BCUT2D eigenvalue weighted by Gasteiger charge is 2.14. The van der Waals surface area contributed by atoms with E-state index in [0.717, 1.165) is 27.7 Å². The van der Waals surface area contributed by atoms with Gasteiger partial charge in [-0.3, -0.25) is 9.59 Å². The van der Waals surface area contributed by atoms with E-state index in [-0.39, 0.29) is 18.9 Å². The van der Waals surface area contributed by atoms with Crippen molar-refractivity contribution in [3.05, 3.63) is 75.3 Å². The van der Waals surface area contributed by atoms with E-state index in [0.29, 0.717) is 22.2 Å². The van der Waals surface area contributed by atoms with Gasteiger partial charge in [0.1, 0.15) is 17.8 Å². The molecule has 0 bridgehead atoms. The van der Waals surface area contributed by atoms with Gasteiger partial charge in [-0.25, -0.2) is 4.79 Å². The summed E-state index contributed by atoms with van der Waals surface area (Å²) in [5, 5.41) is 4.15. The molecule has 31 heavy (non-hydrogen) atoms. The number of anilines is 1. The van der Waals surface area contributed by atoms with Crippen LogP contribution in [0.25, 0.3) is 21.9 Å². The summed E-state index contributed by atoms with van der Waals surface area (Å²) in [7, 11) is 0. The first kappa shape index (κ1) is 20.4. The van der Waals surface area contributed by atoms with Gasteiger partial charge in [0.2, 0.25) is 5.91 Å². The Bertz CT molecular complexity index is 1380. The van der Waals surface area contributed by atoms with Crippen molar-refractivity contribution in [1.29, 1.82) is 0 Å². The molecule has 158 valence electrons. The monoisotopic (exact) mass is 419 g/mol. The third kappa shape index (κ3) is 4.35. The zero-order valence-corrected chi connectivity index (χ0v) is 17.4. The summed E-state index contributed by atoms with van der Waals surface area (Å²) in [4.78, 5) is 35.6. The molecule has 0 aliphatic carbocycles. The Morgan fingerprint density at radius 1 is 0.968 bits per heavy atom. The highest BCUT2D eigenvalue weighted by Crippen LogP contribution is 2.26. The van der Waals surface area contributed by atoms with Crippen molar-refractivity contribution < 1.29 is 23.2 Å². The average Bonchev–Trinajstić information content (AvgIpc) is 3.07. The molecule has 0 aliphatic heterocycles. The number of aryl methyl sites for hydroxylation is 2. The minimum absolute atomic E-state index is 0.0571. The topological polar surface area (TPSA) is 98.7 Å². The Morgan fingerprint density at radius 2 is 1.74 bits per heavy atom. The second-order valence-electron chi connectivity index (χ2n) is 7.51. The largest absolute Gasteiger partial charge is 0.464 e. The zero-order chi connectivity index (χ0) is 22.1. The number of fused-ring (bicyclic) bond motifs is 2. The van der Waals surface area contributed by atoms with Gasteiger partial charge < -0.3 is 18.9 Å². The van der Waals surface area contributed by atoms with Crippen molar-refractivity contribution in [2.45, 2.75) is 33.8 Å². The second-order valence-corrected chi connectivity index (χ2v) is 7.51. The van der Waals surface area contributed by atoms with Crippen molar-refractivity contribution >= 4 is 39.5 Å². The Balaban J connectivity index is 1.52. The van der Waals surface area contributed by atoms with E-state index < -0.39 is 11.6 Å². The van der Waals surface area contributed by atoms with Crippen molar-refractivity contribution in [1.82, 2.24) is 0 Å². The summed E-state index contributed by atoms with van der Waals surface area (Å²) in [6, 6.07) is 10.2. The molecule has 0 unspecified atom stereocenters. The lowest BCUT2D eigenvalue weighted by molar-refractivity contribution is -0.144. The fourth-order valence-corrected chi connectivity index (χ4v) is 3.47. The standard InChI is InChI=1S/C24H21NO6/c1-13-6-20-17(11-29-21(20)7-14(13)2)8-23(27)30-12-16-9-24(28)31-22-10-18(25-15(3)26)4-5-19(16)22/h4-7,9-11H,8,12H2,1-3H3,(H,25,26). The molecule has 0 atom stereocenters. The van der Waals surface area contributed by atoms with Crippen molar-refractivity contribution in [2.24, 2.45) is 0 Å². The summed E-state index contributed by atoms with van der Waals surface area (Å²) >= 11 is 0. The van der Waals surface area contributed by atoms with Crippen LogP contribution in [-0.2, 0) is 27.4 Å². The summed E-state index contributed by atoms with van der Waals surface area (Å²) in [5.41, 5.74) is 4.49. The van der Waals surface area contributed by atoms with Gasteiger partial charge in [-0.2, -0.15) is 0 Å². The van der Waals surface area contributed by atoms with Crippen molar-refractivity contribution in [3.63, 3.8) is 0 Å². The average molecular weight is 419 g/mol. The van der Waals surface area contributed by atoms with E-state index in [1.54, 1.807) is 24.5 Å². The Morgan fingerprint density at radius 3 is 2.52 bits per heavy atom. The molecule has 0 saturated carbocycles. The number of esters is 1. The number of rotatable bonds is 5. The van der Waals surface area contributed by atoms with Gasteiger partial charge >= 0.3 is 11.6 Å². The lowest BCUT2D eigenvalue weighted by Gasteiger charge is -2.09. The minimum Gasteiger partial charge on any atom is -0.464 e. The quantitative estimate of drug-likeness (QED) is 0.380. The van der Waals surface area contributed by atoms with Crippen LogP contribution in [0.3, 0.4) is 0 Å². The molecule has 4 aromatic rings. The number of hydrogen-bond donors (Lipinski definition) is 1. The van der Waals surface area contributed by atoms with E-state index in [2.05, 4.69) is 5.32 Å². The number of nitrogens with one attached hydrogen (secondary N) is 1. The highest BCUT2D eigenvalue weighted by molar-refractivity contribution is 5.92. The van der Waals surface area contributed by atoms with Crippen LogP contribution in [0.2, 0.25) is 0 Å². The third-order valence-corrected chi connectivity index (χ3v) is 5.14. The molecule has 7 heteroatoms. The lowest BCUT2D eigenvalue weighted by Crippen LogP contribution is -2.10.